The van der Waals surface area contributed by atoms with Gasteiger partial charge < -0.3 is 15.2 Å². The van der Waals surface area contributed by atoms with E-state index in [2.05, 4.69) is 17.2 Å². The SMILES string of the molecule is O=C(O)C#CC1(NC(=O)OCc2ccccc2)CCCC1. The van der Waals surface area contributed by atoms with Gasteiger partial charge in [-0.15, -0.1) is 0 Å². The highest BCUT2D eigenvalue weighted by atomic mass is 16.5. The summed E-state index contributed by atoms with van der Waals surface area (Å²) in [4.78, 5) is 22.5. The standard InChI is InChI=1S/C16H17NO4/c18-14(19)8-11-16(9-4-5-10-16)17-15(20)21-12-13-6-2-1-3-7-13/h1-3,6-7H,4-5,9-10,12H2,(H,17,20)(H,18,19). The lowest BCUT2D eigenvalue weighted by atomic mass is 9.99. The quantitative estimate of drug-likeness (QED) is 0.836. The van der Waals surface area contributed by atoms with Crippen LogP contribution in [-0.2, 0) is 16.1 Å². The Hall–Kier alpha value is -2.48. The first-order valence-corrected chi connectivity index (χ1v) is 6.85. The van der Waals surface area contributed by atoms with E-state index in [0.717, 1.165) is 18.4 Å². The van der Waals surface area contributed by atoms with Gasteiger partial charge in [0, 0.05) is 5.92 Å². The van der Waals surface area contributed by atoms with Gasteiger partial charge in [0.25, 0.3) is 0 Å². The van der Waals surface area contributed by atoms with Gasteiger partial charge in [-0.05, 0) is 31.2 Å². The van der Waals surface area contributed by atoms with Crippen molar-refractivity contribution >= 4 is 12.1 Å². The van der Waals surface area contributed by atoms with Crippen LogP contribution in [0.1, 0.15) is 31.2 Å². The summed E-state index contributed by atoms with van der Waals surface area (Å²) >= 11 is 0. The maximum atomic E-state index is 11.9. The summed E-state index contributed by atoms with van der Waals surface area (Å²) < 4.78 is 5.16. The van der Waals surface area contributed by atoms with Gasteiger partial charge >= 0.3 is 12.1 Å². The van der Waals surface area contributed by atoms with E-state index in [0.29, 0.717) is 12.8 Å². The number of carboxylic acid groups (broad SMARTS) is 1. The molecule has 0 radical (unpaired) electrons. The number of carbonyl (C=O) groups is 2. The third-order valence-corrected chi connectivity index (χ3v) is 3.42. The molecule has 1 aliphatic carbocycles. The number of hydrogen-bond acceptors (Lipinski definition) is 3. The van der Waals surface area contributed by atoms with Gasteiger partial charge in [0.05, 0.1) is 0 Å². The van der Waals surface area contributed by atoms with Crippen LogP contribution in [0.4, 0.5) is 4.79 Å². The summed E-state index contributed by atoms with van der Waals surface area (Å²) in [7, 11) is 0. The summed E-state index contributed by atoms with van der Waals surface area (Å²) in [6, 6.07) is 9.35. The largest absolute Gasteiger partial charge is 0.472 e. The van der Waals surface area contributed by atoms with Crippen LogP contribution in [0.3, 0.4) is 0 Å². The minimum Gasteiger partial charge on any atom is -0.472 e. The van der Waals surface area contributed by atoms with E-state index in [1.807, 2.05) is 30.3 Å². The Morgan fingerprint density at radius 2 is 1.90 bits per heavy atom. The molecule has 0 saturated heterocycles. The molecule has 1 amide bonds. The van der Waals surface area contributed by atoms with Crippen molar-refractivity contribution in [1.82, 2.24) is 5.32 Å². The molecule has 1 aromatic rings. The van der Waals surface area contributed by atoms with Crippen LogP contribution in [-0.4, -0.2) is 22.7 Å². The highest BCUT2D eigenvalue weighted by Gasteiger charge is 2.34. The predicted molar refractivity (Wildman–Crippen MR) is 76.4 cm³/mol. The molecular weight excluding hydrogens is 270 g/mol. The van der Waals surface area contributed by atoms with Crippen LogP contribution in [0.2, 0.25) is 0 Å². The van der Waals surface area contributed by atoms with Crippen molar-refractivity contribution in [2.75, 3.05) is 0 Å². The topological polar surface area (TPSA) is 75.6 Å². The second-order valence-corrected chi connectivity index (χ2v) is 5.03. The molecule has 110 valence electrons. The highest BCUT2D eigenvalue weighted by Crippen LogP contribution is 2.29. The molecule has 0 atom stereocenters. The Morgan fingerprint density at radius 3 is 2.52 bits per heavy atom. The van der Waals surface area contributed by atoms with Crippen LogP contribution >= 0.6 is 0 Å². The van der Waals surface area contributed by atoms with E-state index >= 15 is 0 Å². The first-order chi connectivity index (χ1) is 10.1. The van der Waals surface area contributed by atoms with Crippen LogP contribution in [0.25, 0.3) is 0 Å². The van der Waals surface area contributed by atoms with Gasteiger partial charge in [0.2, 0.25) is 0 Å². The molecular formula is C16H17NO4. The Balaban J connectivity index is 1.93. The first-order valence-electron chi connectivity index (χ1n) is 6.85. The van der Waals surface area contributed by atoms with Gasteiger partial charge in [0.1, 0.15) is 12.1 Å². The molecule has 5 nitrogen and oxygen atoms in total. The van der Waals surface area contributed by atoms with Crippen molar-refractivity contribution in [3.8, 4) is 11.8 Å². The molecule has 0 aromatic heterocycles. The molecule has 5 heteroatoms. The molecule has 21 heavy (non-hydrogen) atoms. The number of hydrogen-bond donors (Lipinski definition) is 2. The van der Waals surface area contributed by atoms with E-state index in [4.69, 9.17) is 9.84 Å². The van der Waals surface area contributed by atoms with Crippen molar-refractivity contribution in [3.63, 3.8) is 0 Å². The summed E-state index contributed by atoms with van der Waals surface area (Å²) in [5.74, 6) is 3.57. The number of amides is 1. The third kappa shape index (κ3) is 4.53. The molecule has 1 saturated carbocycles. The minimum atomic E-state index is -1.19. The highest BCUT2D eigenvalue weighted by molar-refractivity contribution is 5.87. The number of alkyl carbamates (subject to hydrolysis) is 1. The molecule has 2 N–H and O–H groups in total. The van der Waals surface area contributed by atoms with E-state index < -0.39 is 17.6 Å². The molecule has 0 heterocycles. The Kier molecular flexibility index (Phi) is 4.83. The zero-order valence-electron chi connectivity index (χ0n) is 11.6. The maximum Gasteiger partial charge on any atom is 0.408 e. The monoisotopic (exact) mass is 287 g/mol. The van der Waals surface area contributed by atoms with Crippen LogP contribution in [0, 0.1) is 11.8 Å². The average molecular weight is 287 g/mol. The van der Waals surface area contributed by atoms with Crippen molar-refractivity contribution in [2.24, 2.45) is 0 Å². The van der Waals surface area contributed by atoms with Crippen molar-refractivity contribution < 1.29 is 19.4 Å². The molecule has 1 aromatic carbocycles. The summed E-state index contributed by atoms with van der Waals surface area (Å²) in [5.41, 5.74) is 0.122. The van der Waals surface area contributed by atoms with E-state index in [1.165, 1.54) is 0 Å². The number of rotatable bonds is 3. The summed E-state index contributed by atoms with van der Waals surface area (Å²) in [5, 5.41) is 11.4. The van der Waals surface area contributed by atoms with Crippen molar-refractivity contribution in [2.45, 2.75) is 37.8 Å². The fourth-order valence-corrected chi connectivity index (χ4v) is 2.39. The average Bonchev–Trinajstić information content (AvgIpc) is 2.93. The van der Waals surface area contributed by atoms with Crippen LogP contribution < -0.4 is 5.32 Å². The van der Waals surface area contributed by atoms with Crippen molar-refractivity contribution in [1.29, 1.82) is 0 Å². The van der Waals surface area contributed by atoms with Gasteiger partial charge in [-0.1, -0.05) is 36.3 Å². The van der Waals surface area contributed by atoms with Gasteiger partial charge in [-0.2, -0.15) is 0 Å². The Morgan fingerprint density at radius 1 is 1.24 bits per heavy atom. The number of ether oxygens (including phenoxy) is 1. The second-order valence-electron chi connectivity index (χ2n) is 5.03. The Labute approximate surface area is 123 Å². The van der Waals surface area contributed by atoms with Gasteiger partial charge in [-0.3, -0.25) is 0 Å². The van der Waals surface area contributed by atoms with Gasteiger partial charge in [-0.25, -0.2) is 9.59 Å². The second kappa shape index (κ2) is 6.80. The fraction of sp³-hybridized carbons (Fsp3) is 0.375. The molecule has 0 aliphatic heterocycles. The molecule has 0 unspecified atom stereocenters. The molecule has 0 spiro atoms. The zero-order chi connectivity index (χ0) is 15.1. The lowest BCUT2D eigenvalue weighted by Crippen LogP contribution is -2.45. The molecule has 0 bridgehead atoms. The van der Waals surface area contributed by atoms with E-state index in [1.54, 1.807) is 0 Å². The van der Waals surface area contributed by atoms with Crippen LogP contribution in [0.5, 0.6) is 0 Å². The smallest absolute Gasteiger partial charge is 0.408 e. The van der Waals surface area contributed by atoms with E-state index in [-0.39, 0.29) is 6.61 Å². The minimum absolute atomic E-state index is 0.176. The number of benzene rings is 1. The zero-order valence-corrected chi connectivity index (χ0v) is 11.6. The summed E-state index contributed by atoms with van der Waals surface area (Å²) in [6.45, 7) is 0.176. The predicted octanol–water partition coefficient (Wildman–Crippen LogP) is 2.31. The van der Waals surface area contributed by atoms with E-state index in [9.17, 15) is 9.59 Å². The molecule has 1 aliphatic rings. The maximum absolute atomic E-state index is 11.9. The third-order valence-electron chi connectivity index (χ3n) is 3.42. The lowest BCUT2D eigenvalue weighted by Gasteiger charge is -2.23. The number of carbonyl (C=O) groups excluding carboxylic acids is 1. The van der Waals surface area contributed by atoms with Crippen molar-refractivity contribution in [3.05, 3.63) is 35.9 Å². The normalized spacial score (nSPS) is 15.6. The number of nitrogens with one attached hydrogen (secondary N) is 1. The fourth-order valence-electron chi connectivity index (χ4n) is 2.39. The van der Waals surface area contributed by atoms with Gasteiger partial charge in [0.15, 0.2) is 0 Å². The first kappa shape index (κ1) is 14.9. The Bertz CT molecular complexity index is 565. The summed E-state index contributed by atoms with van der Waals surface area (Å²) in [6.07, 6.45) is 2.54. The molecule has 2 rings (SSSR count). The molecule has 1 fully saturated rings. The van der Waals surface area contributed by atoms with Crippen LogP contribution in [0.15, 0.2) is 30.3 Å². The number of aliphatic carboxylic acids is 1. The number of carboxylic acids is 1. The lowest BCUT2D eigenvalue weighted by molar-refractivity contribution is -0.130.